The predicted molar refractivity (Wildman–Crippen MR) is 113 cm³/mol. The number of fused-ring (bicyclic) bond motifs is 1. The topological polar surface area (TPSA) is 54.4 Å². The molecule has 1 aromatic heterocycles. The van der Waals surface area contributed by atoms with Crippen molar-refractivity contribution in [3.63, 3.8) is 0 Å². The van der Waals surface area contributed by atoms with Crippen molar-refractivity contribution in [2.45, 2.75) is 6.92 Å². The van der Waals surface area contributed by atoms with Gasteiger partial charge in [-0.05, 0) is 48.9 Å². The lowest BCUT2D eigenvalue weighted by Crippen LogP contribution is -2.18. The maximum absolute atomic E-state index is 13.3. The number of benzene rings is 3. The minimum atomic E-state index is -0.337. The first-order chi connectivity index (χ1) is 14.1. The molecule has 5 heteroatoms. The Labute approximate surface area is 167 Å². The standard InChI is InChI=1S/C24H18FN3O/c1-16-5-4-6-17(13-16)15-26-28-24(29)21-14-23(18-9-11-19(25)12-10-18)27-22-8-3-2-7-20(21)22/h2-15H,1H3,(H,28,29). The van der Waals surface area contributed by atoms with Gasteiger partial charge in [0.05, 0.1) is 23.0 Å². The fourth-order valence-corrected chi connectivity index (χ4v) is 3.11. The van der Waals surface area contributed by atoms with Gasteiger partial charge in [0.25, 0.3) is 5.91 Å². The van der Waals surface area contributed by atoms with Crippen molar-refractivity contribution < 1.29 is 9.18 Å². The molecule has 0 spiro atoms. The molecule has 4 aromatic rings. The fourth-order valence-electron chi connectivity index (χ4n) is 3.11. The lowest BCUT2D eigenvalue weighted by Gasteiger charge is -2.09. The molecule has 0 aliphatic heterocycles. The Morgan fingerprint density at radius 2 is 1.79 bits per heavy atom. The number of hydrazone groups is 1. The summed E-state index contributed by atoms with van der Waals surface area (Å²) in [7, 11) is 0. The van der Waals surface area contributed by atoms with Gasteiger partial charge in [0.1, 0.15) is 5.82 Å². The maximum atomic E-state index is 13.3. The first-order valence-corrected chi connectivity index (χ1v) is 9.16. The van der Waals surface area contributed by atoms with Crippen LogP contribution in [0.5, 0.6) is 0 Å². The van der Waals surface area contributed by atoms with Gasteiger partial charge in [-0.1, -0.05) is 48.0 Å². The van der Waals surface area contributed by atoms with Crippen molar-refractivity contribution in [1.29, 1.82) is 0 Å². The molecule has 4 rings (SSSR count). The Morgan fingerprint density at radius 3 is 2.59 bits per heavy atom. The molecule has 0 fully saturated rings. The quantitative estimate of drug-likeness (QED) is 0.393. The molecular formula is C24H18FN3O. The van der Waals surface area contributed by atoms with Crippen LogP contribution in [0.15, 0.2) is 84.0 Å². The molecular weight excluding hydrogens is 365 g/mol. The number of hydrogen-bond acceptors (Lipinski definition) is 3. The molecule has 0 bridgehead atoms. The normalized spacial score (nSPS) is 11.1. The number of pyridine rings is 1. The van der Waals surface area contributed by atoms with Crippen LogP contribution in [-0.2, 0) is 0 Å². The Kier molecular flexibility index (Phi) is 5.12. The van der Waals surface area contributed by atoms with E-state index in [9.17, 15) is 9.18 Å². The van der Waals surface area contributed by atoms with Crippen molar-refractivity contribution in [1.82, 2.24) is 10.4 Å². The van der Waals surface area contributed by atoms with Crippen LogP contribution in [0.1, 0.15) is 21.5 Å². The summed E-state index contributed by atoms with van der Waals surface area (Å²) in [4.78, 5) is 17.5. The van der Waals surface area contributed by atoms with Crippen molar-refractivity contribution in [2.24, 2.45) is 5.10 Å². The van der Waals surface area contributed by atoms with Crippen LogP contribution in [0, 0.1) is 12.7 Å². The van der Waals surface area contributed by atoms with Crippen molar-refractivity contribution in [3.05, 3.63) is 101 Å². The van der Waals surface area contributed by atoms with E-state index in [2.05, 4.69) is 15.5 Å². The van der Waals surface area contributed by atoms with E-state index in [1.165, 1.54) is 12.1 Å². The molecule has 3 aromatic carbocycles. The number of amides is 1. The minimum Gasteiger partial charge on any atom is -0.267 e. The first-order valence-electron chi connectivity index (χ1n) is 9.16. The molecule has 1 amide bonds. The second kappa shape index (κ2) is 8.02. The number of para-hydroxylation sites is 1. The number of hydrogen-bond donors (Lipinski definition) is 1. The van der Waals surface area contributed by atoms with Gasteiger partial charge < -0.3 is 0 Å². The molecule has 0 aliphatic carbocycles. The van der Waals surface area contributed by atoms with Crippen LogP contribution in [-0.4, -0.2) is 17.1 Å². The van der Waals surface area contributed by atoms with Gasteiger partial charge in [-0.3, -0.25) is 4.79 Å². The van der Waals surface area contributed by atoms with Crippen LogP contribution in [0.2, 0.25) is 0 Å². The highest BCUT2D eigenvalue weighted by molar-refractivity contribution is 6.07. The van der Waals surface area contributed by atoms with Crippen molar-refractivity contribution in [3.8, 4) is 11.3 Å². The van der Waals surface area contributed by atoms with E-state index in [0.717, 1.165) is 22.1 Å². The molecule has 29 heavy (non-hydrogen) atoms. The lowest BCUT2D eigenvalue weighted by atomic mass is 10.0. The van der Waals surface area contributed by atoms with Crippen molar-refractivity contribution in [2.75, 3.05) is 0 Å². The van der Waals surface area contributed by atoms with Crippen molar-refractivity contribution >= 4 is 23.0 Å². The molecule has 0 radical (unpaired) electrons. The molecule has 0 aliphatic rings. The van der Waals surface area contributed by atoms with Crippen LogP contribution >= 0.6 is 0 Å². The van der Waals surface area contributed by atoms with Crippen LogP contribution in [0.3, 0.4) is 0 Å². The number of carbonyl (C=O) groups is 1. The number of aromatic nitrogens is 1. The van der Waals surface area contributed by atoms with E-state index in [4.69, 9.17) is 0 Å². The Balaban J connectivity index is 1.68. The van der Waals surface area contributed by atoms with E-state index in [0.29, 0.717) is 16.8 Å². The zero-order chi connectivity index (χ0) is 20.2. The third-order valence-electron chi connectivity index (χ3n) is 4.52. The van der Waals surface area contributed by atoms with E-state index in [1.54, 1.807) is 24.4 Å². The average molecular weight is 383 g/mol. The van der Waals surface area contributed by atoms with Crippen LogP contribution < -0.4 is 5.43 Å². The van der Waals surface area contributed by atoms with Gasteiger partial charge in [-0.2, -0.15) is 5.10 Å². The first kappa shape index (κ1) is 18.5. The fraction of sp³-hybridized carbons (Fsp3) is 0.0417. The third kappa shape index (κ3) is 4.19. The Morgan fingerprint density at radius 1 is 1.00 bits per heavy atom. The smallest absolute Gasteiger partial charge is 0.267 e. The van der Waals surface area contributed by atoms with E-state index in [1.807, 2.05) is 55.5 Å². The SMILES string of the molecule is Cc1cccc(C=NNC(=O)c2cc(-c3ccc(F)cc3)nc3ccccc23)c1. The van der Waals surface area contributed by atoms with E-state index in [-0.39, 0.29) is 11.7 Å². The minimum absolute atomic E-state index is 0.321. The maximum Gasteiger partial charge on any atom is 0.272 e. The predicted octanol–water partition coefficient (Wildman–Crippen LogP) is 5.11. The molecule has 142 valence electrons. The van der Waals surface area contributed by atoms with Gasteiger partial charge in [0.2, 0.25) is 0 Å². The highest BCUT2D eigenvalue weighted by Gasteiger charge is 2.13. The number of carbonyl (C=O) groups excluding carboxylic acids is 1. The zero-order valence-corrected chi connectivity index (χ0v) is 15.8. The summed E-state index contributed by atoms with van der Waals surface area (Å²) < 4.78 is 13.3. The number of nitrogens with zero attached hydrogens (tertiary/aromatic N) is 2. The number of aryl methyl sites for hydroxylation is 1. The average Bonchev–Trinajstić information content (AvgIpc) is 2.73. The molecule has 0 saturated carbocycles. The molecule has 0 saturated heterocycles. The van der Waals surface area contributed by atoms with Crippen LogP contribution in [0.25, 0.3) is 22.2 Å². The molecule has 4 nitrogen and oxygen atoms in total. The van der Waals surface area contributed by atoms with Crippen LogP contribution in [0.4, 0.5) is 4.39 Å². The Bertz CT molecular complexity index is 1220. The monoisotopic (exact) mass is 383 g/mol. The van der Waals surface area contributed by atoms with Gasteiger partial charge in [-0.25, -0.2) is 14.8 Å². The Hall–Kier alpha value is -3.86. The second-order valence-electron chi connectivity index (χ2n) is 6.69. The van der Waals surface area contributed by atoms with E-state index < -0.39 is 0 Å². The molecule has 1 heterocycles. The third-order valence-corrected chi connectivity index (χ3v) is 4.52. The molecule has 1 N–H and O–H groups in total. The number of rotatable bonds is 4. The largest absolute Gasteiger partial charge is 0.272 e. The zero-order valence-electron chi connectivity index (χ0n) is 15.8. The number of halogens is 1. The summed E-state index contributed by atoms with van der Waals surface area (Å²) in [6.45, 7) is 2.00. The number of nitrogens with one attached hydrogen (secondary N) is 1. The van der Waals surface area contributed by atoms with E-state index >= 15 is 0 Å². The van der Waals surface area contributed by atoms with Gasteiger partial charge >= 0.3 is 0 Å². The summed E-state index contributed by atoms with van der Waals surface area (Å²) in [5, 5.41) is 4.81. The summed E-state index contributed by atoms with van der Waals surface area (Å²) in [5.41, 5.74) is 7.07. The van der Waals surface area contributed by atoms with Gasteiger partial charge in [0, 0.05) is 10.9 Å². The summed E-state index contributed by atoms with van der Waals surface area (Å²) in [5.74, 6) is -0.658. The summed E-state index contributed by atoms with van der Waals surface area (Å²) in [6.07, 6.45) is 1.61. The lowest BCUT2D eigenvalue weighted by molar-refractivity contribution is 0.0956. The molecule has 0 atom stereocenters. The molecule has 0 unspecified atom stereocenters. The van der Waals surface area contributed by atoms with Gasteiger partial charge in [0.15, 0.2) is 0 Å². The van der Waals surface area contributed by atoms with Gasteiger partial charge in [-0.15, -0.1) is 0 Å². The highest BCUT2D eigenvalue weighted by Crippen LogP contribution is 2.25. The second-order valence-corrected chi connectivity index (χ2v) is 6.69. The summed E-state index contributed by atoms with van der Waals surface area (Å²) >= 11 is 0. The highest BCUT2D eigenvalue weighted by atomic mass is 19.1. The summed E-state index contributed by atoms with van der Waals surface area (Å²) in [6, 6.07) is 23.0.